The molecule has 2 saturated heterocycles. The lowest BCUT2D eigenvalue weighted by Crippen LogP contribution is -2.55. The number of nitrogens with one attached hydrogen (secondary N) is 1. The number of alkyl halides is 2. The summed E-state index contributed by atoms with van der Waals surface area (Å²) in [6, 6.07) is 5.42. The molecule has 5 rings (SSSR count). The van der Waals surface area contributed by atoms with E-state index in [1.165, 1.54) is 23.0 Å². The number of hydrogen-bond acceptors (Lipinski definition) is 7. The van der Waals surface area contributed by atoms with Crippen LogP contribution in [0, 0.1) is 5.82 Å². The second kappa shape index (κ2) is 10.0. The van der Waals surface area contributed by atoms with Crippen LogP contribution in [0.2, 0.25) is 0 Å². The number of anilines is 1. The van der Waals surface area contributed by atoms with Gasteiger partial charge in [-0.25, -0.2) is 23.1 Å². The maximum Gasteiger partial charge on any atom is 0.266 e. The fourth-order valence-corrected chi connectivity index (χ4v) is 5.33. The first-order chi connectivity index (χ1) is 17.8. The Morgan fingerprint density at radius 1 is 1.19 bits per heavy atom. The van der Waals surface area contributed by atoms with Crippen LogP contribution < -0.4 is 10.9 Å². The van der Waals surface area contributed by atoms with Gasteiger partial charge in [-0.3, -0.25) is 14.3 Å². The molecular formula is C26H30F3N5O3. The number of aryl methyl sites for hydroxylation is 1. The SMILES string of the molecule is COC1(c2cc3c(N[C@H](C)c4cccc(C(F)F)c4F)ncnc3n(C)c2=O)CCN(C2COC2)CC1. The second-order valence-electron chi connectivity index (χ2n) is 9.72. The lowest BCUT2D eigenvalue weighted by molar-refractivity contribution is -0.113. The zero-order valence-electron chi connectivity index (χ0n) is 21.0. The summed E-state index contributed by atoms with van der Waals surface area (Å²) in [5.74, 6) is -0.586. The third-order valence-electron chi connectivity index (χ3n) is 7.74. The summed E-state index contributed by atoms with van der Waals surface area (Å²) in [6.07, 6.45) is -0.329. The van der Waals surface area contributed by atoms with E-state index in [-0.39, 0.29) is 11.1 Å². The van der Waals surface area contributed by atoms with E-state index >= 15 is 0 Å². The summed E-state index contributed by atoms with van der Waals surface area (Å²) in [6.45, 7) is 4.67. The van der Waals surface area contributed by atoms with E-state index in [0.29, 0.717) is 41.3 Å². The summed E-state index contributed by atoms with van der Waals surface area (Å²) in [4.78, 5) is 24.5. The quantitative estimate of drug-likeness (QED) is 0.509. The van der Waals surface area contributed by atoms with Crippen LogP contribution in [0.1, 0.15) is 48.9 Å². The smallest absolute Gasteiger partial charge is 0.266 e. The number of pyridine rings is 1. The van der Waals surface area contributed by atoms with Crippen molar-refractivity contribution in [2.45, 2.75) is 43.9 Å². The Morgan fingerprint density at radius 3 is 2.51 bits per heavy atom. The molecule has 198 valence electrons. The third kappa shape index (κ3) is 4.49. The molecule has 1 aromatic carbocycles. The number of halogens is 3. The zero-order valence-corrected chi connectivity index (χ0v) is 21.0. The highest BCUT2D eigenvalue weighted by molar-refractivity contribution is 5.87. The van der Waals surface area contributed by atoms with Gasteiger partial charge in [-0.05, 0) is 25.8 Å². The zero-order chi connectivity index (χ0) is 26.3. The molecule has 37 heavy (non-hydrogen) atoms. The van der Waals surface area contributed by atoms with Crippen molar-refractivity contribution in [3.8, 4) is 0 Å². The number of nitrogens with zero attached hydrogens (tertiary/aromatic N) is 4. The molecule has 2 fully saturated rings. The minimum absolute atomic E-state index is 0.0929. The molecule has 8 nitrogen and oxygen atoms in total. The monoisotopic (exact) mass is 517 g/mol. The molecule has 0 bridgehead atoms. The molecule has 2 aromatic heterocycles. The molecule has 0 unspecified atom stereocenters. The van der Waals surface area contributed by atoms with Crippen molar-refractivity contribution in [2.24, 2.45) is 7.05 Å². The topological polar surface area (TPSA) is 81.5 Å². The number of rotatable bonds is 7. The van der Waals surface area contributed by atoms with Gasteiger partial charge in [0.15, 0.2) is 0 Å². The van der Waals surface area contributed by atoms with E-state index in [1.54, 1.807) is 27.1 Å². The fourth-order valence-electron chi connectivity index (χ4n) is 5.33. The maximum atomic E-state index is 14.8. The highest BCUT2D eigenvalue weighted by atomic mass is 19.3. The molecular weight excluding hydrogens is 487 g/mol. The Balaban J connectivity index is 1.51. The van der Waals surface area contributed by atoms with Crippen LogP contribution in [-0.2, 0) is 22.1 Å². The van der Waals surface area contributed by atoms with Crippen molar-refractivity contribution in [3.05, 3.63) is 63.5 Å². The average molecular weight is 518 g/mol. The largest absolute Gasteiger partial charge is 0.378 e. The van der Waals surface area contributed by atoms with E-state index in [0.717, 1.165) is 32.4 Å². The number of piperidine rings is 1. The molecule has 1 atom stereocenters. The van der Waals surface area contributed by atoms with Gasteiger partial charge in [-0.1, -0.05) is 18.2 Å². The molecule has 1 N–H and O–H groups in total. The van der Waals surface area contributed by atoms with Crippen molar-refractivity contribution in [1.29, 1.82) is 0 Å². The predicted molar refractivity (Wildman–Crippen MR) is 132 cm³/mol. The van der Waals surface area contributed by atoms with E-state index in [1.807, 2.05) is 0 Å². The van der Waals surface area contributed by atoms with Crippen LogP contribution in [0.25, 0.3) is 11.0 Å². The highest BCUT2D eigenvalue weighted by Crippen LogP contribution is 2.38. The van der Waals surface area contributed by atoms with Crippen molar-refractivity contribution < 1.29 is 22.6 Å². The number of likely N-dealkylation sites (tertiary alicyclic amines) is 1. The maximum absolute atomic E-state index is 14.8. The van der Waals surface area contributed by atoms with Crippen molar-refractivity contribution in [2.75, 3.05) is 38.7 Å². The van der Waals surface area contributed by atoms with E-state index in [4.69, 9.17) is 9.47 Å². The average Bonchev–Trinajstić information content (AvgIpc) is 2.86. The first-order valence-electron chi connectivity index (χ1n) is 12.3. The first-order valence-corrected chi connectivity index (χ1v) is 12.3. The Morgan fingerprint density at radius 2 is 1.89 bits per heavy atom. The van der Waals surface area contributed by atoms with E-state index in [9.17, 15) is 18.0 Å². The fraction of sp³-hybridized carbons (Fsp3) is 0.500. The number of benzene rings is 1. The van der Waals surface area contributed by atoms with Gasteiger partial charge < -0.3 is 14.8 Å². The molecule has 2 aliphatic rings. The van der Waals surface area contributed by atoms with Crippen LogP contribution in [0.15, 0.2) is 35.4 Å². The van der Waals surface area contributed by atoms with Gasteiger partial charge >= 0.3 is 0 Å². The Bertz CT molecular complexity index is 1350. The van der Waals surface area contributed by atoms with Gasteiger partial charge in [0.2, 0.25) is 0 Å². The van der Waals surface area contributed by atoms with Crippen LogP contribution in [0.3, 0.4) is 0 Å². The van der Waals surface area contributed by atoms with E-state index < -0.39 is 29.4 Å². The normalized spacial score (nSPS) is 19.2. The summed E-state index contributed by atoms with van der Waals surface area (Å²) in [7, 11) is 3.26. The van der Waals surface area contributed by atoms with Gasteiger partial charge in [0.25, 0.3) is 12.0 Å². The van der Waals surface area contributed by atoms with Crippen molar-refractivity contribution >= 4 is 16.9 Å². The Labute approximate surface area is 212 Å². The Hall–Kier alpha value is -3.02. The minimum atomic E-state index is -2.92. The molecule has 0 amide bonds. The number of aromatic nitrogens is 3. The van der Waals surface area contributed by atoms with Gasteiger partial charge in [0, 0.05) is 32.8 Å². The van der Waals surface area contributed by atoms with E-state index in [2.05, 4.69) is 20.2 Å². The molecule has 2 aliphatic heterocycles. The van der Waals surface area contributed by atoms with Crippen molar-refractivity contribution in [3.63, 3.8) is 0 Å². The van der Waals surface area contributed by atoms with Gasteiger partial charge in [-0.15, -0.1) is 0 Å². The van der Waals surface area contributed by atoms with Gasteiger partial charge in [-0.2, -0.15) is 0 Å². The second-order valence-corrected chi connectivity index (χ2v) is 9.72. The van der Waals surface area contributed by atoms with Gasteiger partial charge in [0.05, 0.1) is 41.8 Å². The summed E-state index contributed by atoms with van der Waals surface area (Å²) < 4.78 is 54.1. The van der Waals surface area contributed by atoms with Crippen LogP contribution >= 0.6 is 0 Å². The molecule has 0 spiro atoms. The standard InChI is InChI=1S/C26H30F3N5O3/c1-15(17-5-4-6-18(21(17)27)22(28)29)32-23-19-11-20(25(35)33(2)24(19)31-14-30-23)26(36-3)7-9-34(10-8-26)16-12-37-13-16/h4-6,11,14-16,22H,7-10,12-13H2,1-3H3,(H,30,31,32)/t15-/m1/s1. The van der Waals surface area contributed by atoms with Crippen LogP contribution in [-0.4, -0.2) is 58.9 Å². The number of ether oxygens (including phenoxy) is 2. The molecule has 0 radical (unpaired) electrons. The minimum Gasteiger partial charge on any atom is -0.378 e. The lowest BCUT2D eigenvalue weighted by Gasteiger charge is -2.45. The lowest BCUT2D eigenvalue weighted by atomic mass is 9.83. The predicted octanol–water partition coefficient (Wildman–Crippen LogP) is 3.91. The summed E-state index contributed by atoms with van der Waals surface area (Å²) >= 11 is 0. The summed E-state index contributed by atoms with van der Waals surface area (Å²) in [5.41, 5.74) is -0.634. The third-order valence-corrected chi connectivity index (χ3v) is 7.74. The molecule has 11 heteroatoms. The molecule has 4 heterocycles. The number of hydrogen-bond donors (Lipinski definition) is 1. The molecule has 3 aromatic rings. The van der Waals surface area contributed by atoms with Gasteiger partial charge in [0.1, 0.15) is 29.2 Å². The molecule has 0 saturated carbocycles. The molecule has 0 aliphatic carbocycles. The first kappa shape index (κ1) is 25.6. The van der Waals surface area contributed by atoms with Crippen molar-refractivity contribution in [1.82, 2.24) is 19.4 Å². The number of fused-ring (bicyclic) bond motifs is 1. The number of methoxy groups -OCH3 is 1. The van der Waals surface area contributed by atoms with Crippen LogP contribution in [0.5, 0.6) is 0 Å². The highest BCUT2D eigenvalue weighted by Gasteiger charge is 2.41. The summed E-state index contributed by atoms with van der Waals surface area (Å²) in [5, 5.41) is 3.70. The Kier molecular flexibility index (Phi) is 6.95. The van der Waals surface area contributed by atoms with Crippen LogP contribution in [0.4, 0.5) is 19.0 Å².